The smallest absolute Gasteiger partial charge is 0.142 e. The highest BCUT2D eigenvalue weighted by Crippen LogP contribution is 2.32. The molecule has 1 heterocycles. The molecule has 0 aromatic heterocycles. The number of hydrogen-bond donors (Lipinski definition) is 1. The molecule has 1 aliphatic heterocycles. The average molecular weight is 292 g/mol. The van der Waals surface area contributed by atoms with Crippen LogP contribution in [0.5, 0.6) is 0 Å². The fourth-order valence-corrected chi connectivity index (χ4v) is 2.85. The largest absolute Gasteiger partial charge is 0.377 e. The standard InChI is InChI=1S/C13H16Cl2FNO/c1-8(17-7-9-3-2-6-18-9)12-10(14)4-5-11(16)13(12)15/h4-5,8-9,17H,2-3,6-7H2,1H3. The lowest BCUT2D eigenvalue weighted by Gasteiger charge is -2.19. The third-order valence-corrected chi connectivity index (χ3v) is 3.90. The monoisotopic (exact) mass is 291 g/mol. The number of halogens is 3. The Balaban J connectivity index is 2.03. The van der Waals surface area contributed by atoms with Crippen LogP contribution in [0.3, 0.4) is 0 Å². The maximum absolute atomic E-state index is 13.4. The molecule has 0 saturated carbocycles. The first-order chi connectivity index (χ1) is 8.59. The summed E-state index contributed by atoms with van der Waals surface area (Å²) in [6, 6.07) is 2.70. The zero-order valence-corrected chi connectivity index (χ0v) is 11.7. The molecular formula is C13H16Cl2FNO. The van der Waals surface area contributed by atoms with Crippen molar-refractivity contribution in [1.82, 2.24) is 5.32 Å². The molecule has 5 heteroatoms. The van der Waals surface area contributed by atoms with E-state index >= 15 is 0 Å². The van der Waals surface area contributed by atoms with Gasteiger partial charge in [0, 0.05) is 29.8 Å². The van der Waals surface area contributed by atoms with Crippen molar-refractivity contribution in [2.24, 2.45) is 0 Å². The average Bonchev–Trinajstić information content (AvgIpc) is 2.85. The third kappa shape index (κ3) is 3.15. The molecule has 1 saturated heterocycles. The normalized spacial score (nSPS) is 21.2. The van der Waals surface area contributed by atoms with E-state index in [0.29, 0.717) is 10.6 Å². The maximum Gasteiger partial charge on any atom is 0.142 e. The molecule has 1 aromatic rings. The molecule has 0 bridgehead atoms. The second-order valence-electron chi connectivity index (χ2n) is 4.52. The quantitative estimate of drug-likeness (QED) is 0.848. The number of ether oxygens (including phenoxy) is 1. The van der Waals surface area contributed by atoms with E-state index in [2.05, 4.69) is 5.32 Å². The van der Waals surface area contributed by atoms with Gasteiger partial charge in [-0.05, 0) is 31.9 Å². The lowest BCUT2D eigenvalue weighted by atomic mass is 10.1. The molecular weight excluding hydrogens is 276 g/mol. The second kappa shape index (κ2) is 6.20. The highest BCUT2D eigenvalue weighted by molar-refractivity contribution is 6.36. The molecule has 1 fully saturated rings. The zero-order valence-electron chi connectivity index (χ0n) is 10.2. The predicted octanol–water partition coefficient (Wildman–Crippen LogP) is 3.96. The van der Waals surface area contributed by atoms with Crippen LogP contribution in [-0.2, 0) is 4.74 Å². The van der Waals surface area contributed by atoms with Crippen LogP contribution in [0.15, 0.2) is 12.1 Å². The Morgan fingerprint density at radius 3 is 2.94 bits per heavy atom. The molecule has 18 heavy (non-hydrogen) atoms. The van der Waals surface area contributed by atoms with Crippen LogP contribution in [0.1, 0.15) is 31.4 Å². The first kappa shape index (κ1) is 14.1. The minimum atomic E-state index is -0.443. The van der Waals surface area contributed by atoms with Gasteiger partial charge in [0.1, 0.15) is 5.82 Å². The Kier molecular flexibility index (Phi) is 4.84. The minimum absolute atomic E-state index is 0.0924. The molecule has 0 spiro atoms. The van der Waals surface area contributed by atoms with E-state index in [0.717, 1.165) is 26.0 Å². The van der Waals surface area contributed by atoms with E-state index in [9.17, 15) is 4.39 Å². The van der Waals surface area contributed by atoms with Gasteiger partial charge in [0.2, 0.25) is 0 Å². The van der Waals surface area contributed by atoms with Gasteiger partial charge in [0.05, 0.1) is 11.1 Å². The van der Waals surface area contributed by atoms with Crippen LogP contribution in [0.4, 0.5) is 4.39 Å². The number of nitrogens with one attached hydrogen (secondary N) is 1. The van der Waals surface area contributed by atoms with Gasteiger partial charge in [-0.1, -0.05) is 23.2 Å². The van der Waals surface area contributed by atoms with Gasteiger partial charge < -0.3 is 10.1 Å². The van der Waals surface area contributed by atoms with Gasteiger partial charge in [-0.15, -0.1) is 0 Å². The van der Waals surface area contributed by atoms with E-state index in [1.807, 2.05) is 6.92 Å². The van der Waals surface area contributed by atoms with Gasteiger partial charge >= 0.3 is 0 Å². The van der Waals surface area contributed by atoms with Crippen LogP contribution >= 0.6 is 23.2 Å². The predicted molar refractivity (Wildman–Crippen MR) is 71.8 cm³/mol. The molecule has 0 radical (unpaired) electrons. The van der Waals surface area contributed by atoms with E-state index in [4.69, 9.17) is 27.9 Å². The maximum atomic E-state index is 13.4. The van der Waals surface area contributed by atoms with Crippen molar-refractivity contribution in [2.75, 3.05) is 13.2 Å². The minimum Gasteiger partial charge on any atom is -0.377 e. The van der Waals surface area contributed by atoms with Crippen molar-refractivity contribution in [1.29, 1.82) is 0 Å². The lowest BCUT2D eigenvalue weighted by Crippen LogP contribution is -2.29. The van der Waals surface area contributed by atoms with Crippen LogP contribution in [-0.4, -0.2) is 19.3 Å². The molecule has 0 aliphatic carbocycles. The van der Waals surface area contributed by atoms with Gasteiger partial charge in [0.15, 0.2) is 0 Å². The van der Waals surface area contributed by atoms with Gasteiger partial charge in [0.25, 0.3) is 0 Å². The Morgan fingerprint density at radius 2 is 2.28 bits per heavy atom. The van der Waals surface area contributed by atoms with Gasteiger partial charge in [-0.2, -0.15) is 0 Å². The summed E-state index contributed by atoms with van der Waals surface area (Å²) in [4.78, 5) is 0. The molecule has 2 nitrogen and oxygen atoms in total. The van der Waals surface area contributed by atoms with Crippen LogP contribution in [0.25, 0.3) is 0 Å². The summed E-state index contributed by atoms with van der Waals surface area (Å²) in [5, 5.41) is 3.86. The van der Waals surface area contributed by atoms with Crippen molar-refractivity contribution in [2.45, 2.75) is 31.9 Å². The van der Waals surface area contributed by atoms with E-state index in [-0.39, 0.29) is 17.2 Å². The van der Waals surface area contributed by atoms with E-state index in [1.54, 1.807) is 0 Å². The summed E-state index contributed by atoms with van der Waals surface area (Å²) in [6.07, 6.45) is 2.39. The summed E-state index contributed by atoms with van der Waals surface area (Å²) in [5.74, 6) is -0.443. The molecule has 2 atom stereocenters. The fraction of sp³-hybridized carbons (Fsp3) is 0.538. The van der Waals surface area contributed by atoms with Gasteiger partial charge in [-0.25, -0.2) is 4.39 Å². The van der Waals surface area contributed by atoms with E-state index in [1.165, 1.54) is 12.1 Å². The number of rotatable bonds is 4. The molecule has 2 unspecified atom stereocenters. The second-order valence-corrected chi connectivity index (χ2v) is 5.31. The van der Waals surface area contributed by atoms with Crippen LogP contribution in [0, 0.1) is 5.82 Å². The molecule has 100 valence electrons. The first-order valence-corrected chi connectivity index (χ1v) is 6.83. The molecule has 1 N–H and O–H groups in total. The summed E-state index contributed by atoms with van der Waals surface area (Å²) in [5.41, 5.74) is 0.608. The number of benzene rings is 1. The summed E-state index contributed by atoms with van der Waals surface area (Å²) in [6.45, 7) is 3.47. The highest BCUT2D eigenvalue weighted by Gasteiger charge is 2.20. The Bertz CT molecular complexity index is 422. The Labute approximate surface area is 116 Å². The molecule has 1 aliphatic rings. The highest BCUT2D eigenvalue weighted by atomic mass is 35.5. The van der Waals surface area contributed by atoms with E-state index < -0.39 is 5.82 Å². The zero-order chi connectivity index (χ0) is 13.1. The summed E-state index contributed by atoms with van der Waals surface area (Å²) < 4.78 is 18.9. The fourth-order valence-electron chi connectivity index (χ4n) is 2.16. The third-order valence-electron chi connectivity index (χ3n) is 3.19. The van der Waals surface area contributed by atoms with Crippen molar-refractivity contribution in [3.05, 3.63) is 33.6 Å². The Morgan fingerprint density at radius 1 is 1.50 bits per heavy atom. The summed E-state index contributed by atoms with van der Waals surface area (Å²) >= 11 is 12.0. The van der Waals surface area contributed by atoms with Crippen molar-refractivity contribution in [3.8, 4) is 0 Å². The Hall–Kier alpha value is -0.350. The first-order valence-electron chi connectivity index (χ1n) is 6.08. The van der Waals surface area contributed by atoms with Crippen molar-refractivity contribution < 1.29 is 9.13 Å². The molecule has 2 rings (SSSR count). The molecule has 0 amide bonds. The number of hydrogen-bond acceptors (Lipinski definition) is 2. The van der Waals surface area contributed by atoms with Crippen LogP contribution in [0.2, 0.25) is 10.0 Å². The SMILES string of the molecule is CC(NCC1CCCO1)c1c(Cl)ccc(F)c1Cl. The van der Waals surface area contributed by atoms with Gasteiger partial charge in [-0.3, -0.25) is 0 Å². The van der Waals surface area contributed by atoms with Crippen molar-refractivity contribution >= 4 is 23.2 Å². The summed E-state index contributed by atoms with van der Waals surface area (Å²) in [7, 11) is 0. The molecule has 1 aromatic carbocycles. The van der Waals surface area contributed by atoms with Crippen LogP contribution < -0.4 is 5.32 Å². The van der Waals surface area contributed by atoms with Crippen molar-refractivity contribution in [3.63, 3.8) is 0 Å². The lowest BCUT2D eigenvalue weighted by molar-refractivity contribution is 0.108. The topological polar surface area (TPSA) is 21.3 Å².